The first kappa shape index (κ1) is 20.8. The van der Waals surface area contributed by atoms with Gasteiger partial charge in [-0.3, -0.25) is 4.79 Å². The van der Waals surface area contributed by atoms with E-state index in [2.05, 4.69) is 85.4 Å². The van der Waals surface area contributed by atoms with Crippen LogP contribution in [-0.4, -0.2) is 11.1 Å². The monoisotopic (exact) mass is 458 g/mol. The van der Waals surface area contributed by atoms with Crippen molar-refractivity contribution in [1.82, 2.24) is 0 Å². The van der Waals surface area contributed by atoms with Crippen LogP contribution in [0.2, 0.25) is 0 Å². The van der Waals surface area contributed by atoms with Crippen LogP contribution in [0.4, 0.5) is 0 Å². The summed E-state index contributed by atoms with van der Waals surface area (Å²) in [6, 6.07) is 34.2. The average molecular weight is 459 g/mol. The Morgan fingerprint density at radius 1 is 0.588 bits per heavy atom. The molecule has 6 rings (SSSR count). The Morgan fingerprint density at radius 3 is 1.47 bits per heavy atom. The summed E-state index contributed by atoms with van der Waals surface area (Å²) < 4.78 is 0. The molecule has 0 amide bonds. The van der Waals surface area contributed by atoms with Crippen LogP contribution in [0.3, 0.4) is 0 Å². The molecule has 3 heteroatoms. The van der Waals surface area contributed by atoms with Gasteiger partial charge in [-0.05, 0) is 65.7 Å². The first-order valence-electron chi connectivity index (χ1n) is 11.3. The van der Waals surface area contributed by atoms with E-state index in [-0.39, 0.29) is 6.42 Å². The van der Waals surface area contributed by atoms with Crippen LogP contribution >= 0.6 is 12.6 Å². The van der Waals surface area contributed by atoms with Crippen molar-refractivity contribution >= 4 is 50.9 Å². The third-order valence-electron chi connectivity index (χ3n) is 6.73. The van der Waals surface area contributed by atoms with Gasteiger partial charge in [0.05, 0.1) is 6.42 Å². The van der Waals surface area contributed by atoms with Gasteiger partial charge in [0, 0.05) is 5.75 Å². The number of benzene rings is 6. The highest BCUT2D eigenvalue weighted by Gasteiger charge is 2.15. The molecule has 0 spiro atoms. The Bertz CT molecular complexity index is 1670. The highest BCUT2D eigenvalue weighted by Crippen LogP contribution is 2.42. The smallest absolute Gasteiger partial charge is 0.307 e. The summed E-state index contributed by atoms with van der Waals surface area (Å²) in [7, 11) is 0. The summed E-state index contributed by atoms with van der Waals surface area (Å²) in [6.07, 6.45) is 0.0382. The molecule has 0 aromatic heterocycles. The lowest BCUT2D eigenvalue weighted by atomic mass is 9.87. The molecule has 0 aliphatic rings. The maximum absolute atomic E-state index is 11.1. The lowest BCUT2D eigenvalue weighted by Gasteiger charge is -2.16. The summed E-state index contributed by atoms with van der Waals surface area (Å²) in [5, 5.41) is 16.6. The lowest BCUT2D eigenvalue weighted by molar-refractivity contribution is -0.136. The molecule has 0 bridgehead atoms. The van der Waals surface area contributed by atoms with E-state index in [0.717, 1.165) is 22.4 Å². The molecular formula is C31H22O2S. The van der Waals surface area contributed by atoms with Gasteiger partial charge in [0.15, 0.2) is 0 Å². The molecule has 0 saturated heterocycles. The Morgan fingerprint density at radius 2 is 1.03 bits per heavy atom. The number of carboxylic acids is 1. The fraction of sp³-hybridized carbons (Fsp3) is 0.0645. The zero-order valence-corrected chi connectivity index (χ0v) is 19.3. The predicted octanol–water partition coefficient (Wildman–Crippen LogP) is 7.97. The summed E-state index contributed by atoms with van der Waals surface area (Å²) in [4.78, 5) is 11.1. The van der Waals surface area contributed by atoms with Crippen molar-refractivity contribution in [2.24, 2.45) is 0 Å². The molecule has 0 atom stereocenters. The Kier molecular flexibility index (Phi) is 5.00. The molecule has 6 aromatic rings. The van der Waals surface area contributed by atoms with Crippen molar-refractivity contribution in [3.63, 3.8) is 0 Å². The molecule has 0 fully saturated rings. The third kappa shape index (κ3) is 3.41. The van der Waals surface area contributed by atoms with Gasteiger partial charge in [-0.1, -0.05) is 97.1 Å². The van der Waals surface area contributed by atoms with E-state index in [0.29, 0.717) is 0 Å². The van der Waals surface area contributed by atoms with Crippen molar-refractivity contribution < 1.29 is 9.90 Å². The van der Waals surface area contributed by atoms with Crippen molar-refractivity contribution in [2.75, 3.05) is 0 Å². The minimum absolute atomic E-state index is 0.0382. The number of aliphatic carboxylic acids is 1. The number of hydrogen-bond acceptors (Lipinski definition) is 2. The lowest BCUT2D eigenvalue weighted by Crippen LogP contribution is -1.99. The largest absolute Gasteiger partial charge is 0.481 e. The number of thiol groups is 1. The second kappa shape index (κ2) is 8.19. The fourth-order valence-corrected chi connectivity index (χ4v) is 5.28. The first-order chi connectivity index (χ1) is 16.6. The van der Waals surface area contributed by atoms with E-state index in [1.54, 1.807) is 0 Å². The van der Waals surface area contributed by atoms with Gasteiger partial charge in [0.25, 0.3) is 0 Å². The van der Waals surface area contributed by atoms with E-state index in [1.807, 2.05) is 24.3 Å². The van der Waals surface area contributed by atoms with Crippen LogP contribution in [0, 0.1) is 0 Å². The van der Waals surface area contributed by atoms with Gasteiger partial charge in [-0.25, -0.2) is 0 Å². The molecular weight excluding hydrogens is 436 g/mol. The van der Waals surface area contributed by atoms with Crippen LogP contribution in [0.1, 0.15) is 11.1 Å². The topological polar surface area (TPSA) is 37.3 Å². The molecule has 1 N–H and O–H groups in total. The minimum atomic E-state index is -0.813. The number of hydrogen-bond donors (Lipinski definition) is 2. The van der Waals surface area contributed by atoms with Crippen LogP contribution in [0.15, 0.2) is 97.1 Å². The van der Waals surface area contributed by atoms with E-state index in [9.17, 15) is 4.79 Å². The van der Waals surface area contributed by atoms with E-state index in [4.69, 9.17) is 5.11 Å². The molecule has 6 aromatic carbocycles. The van der Waals surface area contributed by atoms with Gasteiger partial charge in [-0.15, -0.1) is 0 Å². The van der Waals surface area contributed by atoms with E-state index < -0.39 is 5.97 Å². The molecule has 0 saturated carbocycles. The molecule has 164 valence electrons. The SMILES string of the molecule is O=C(O)Cc1ccc(-c2ccc3ccc4c(-c5ccc(CS)cc5)ccc5ccc2c3c54)cc1. The van der Waals surface area contributed by atoms with Crippen LogP contribution in [-0.2, 0) is 17.0 Å². The maximum Gasteiger partial charge on any atom is 0.307 e. The maximum atomic E-state index is 11.1. The quantitative estimate of drug-likeness (QED) is 0.203. The van der Waals surface area contributed by atoms with Crippen LogP contribution in [0.5, 0.6) is 0 Å². The minimum Gasteiger partial charge on any atom is -0.481 e. The second-order valence-corrected chi connectivity index (χ2v) is 9.09. The number of carbonyl (C=O) groups is 1. The summed E-state index contributed by atoms with van der Waals surface area (Å²) in [5.41, 5.74) is 6.71. The Labute approximate surface area is 203 Å². The predicted molar refractivity (Wildman–Crippen MR) is 145 cm³/mol. The summed E-state index contributed by atoms with van der Waals surface area (Å²) >= 11 is 4.39. The summed E-state index contributed by atoms with van der Waals surface area (Å²) in [6.45, 7) is 0. The Hall–Kier alpha value is -3.82. The highest BCUT2D eigenvalue weighted by atomic mass is 32.1. The van der Waals surface area contributed by atoms with Crippen molar-refractivity contribution in [3.8, 4) is 22.3 Å². The zero-order chi connectivity index (χ0) is 23.2. The molecule has 0 aliphatic carbocycles. The Balaban J connectivity index is 1.57. The molecule has 2 nitrogen and oxygen atoms in total. The number of rotatable bonds is 5. The van der Waals surface area contributed by atoms with Crippen LogP contribution in [0.25, 0.3) is 54.6 Å². The van der Waals surface area contributed by atoms with Gasteiger partial charge in [0.2, 0.25) is 0 Å². The molecule has 0 radical (unpaired) electrons. The standard InChI is InChI=1S/C31H22O2S/c32-29(33)17-19-1-5-21(6-2-19)25-13-9-23-12-16-28-26(22-7-3-20(18-34)4-8-22)14-10-24-11-15-27(25)30(23)31(24)28/h1-16,34H,17-18H2,(H,32,33). The highest BCUT2D eigenvalue weighted by molar-refractivity contribution is 7.79. The van der Waals surface area contributed by atoms with Gasteiger partial charge < -0.3 is 5.11 Å². The normalized spacial score (nSPS) is 11.6. The van der Waals surface area contributed by atoms with E-state index >= 15 is 0 Å². The third-order valence-corrected chi connectivity index (χ3v) is 7.10. The molecule has 0 unspecified atom stereocenters. The van der Waals surface area contributed by atoms with Crippen molar-refractivity contribution in [1.29, 1.82) is 0 Å². The van der Waals surface area contributed by atoms with Crippen molar-refractivity contribution in [3.05, 3.63) is 108 Å². The van der Waals surface area contributed by atoms with Gasteiger partial charge >= 0.3 is 5.97 Å². The van der Waals surface area contributed by atoms with Gasteiger partial charge in [0.1, 0.15) is 0 Å². The van der Waals surface area contributed by atoms with Crippen LogP contribution < -0.4 is 0 Å². The summed E-state index contributed by atoms with van der Waals surface area (Å²) in [5.74, 6) is -0.0784. The zero-order valence-electron chi connectivity index (χ0n) is 18.5. The molecule has 34 heavy (non-hydrogen) atoms. The van der Waals surface area contributed by atoms with Crippen molar-refractivity contribution in [2.45, 2.75) is 12.2 Å². The number of carboxylic acid groups (broad SMARTS) is 1. The average Bonchev–Trinajstić information content (AvgIpc) is 2.87. The first-order valence-corrected chi connectivity index (χ1v) is 12.0. The van der Waals surface area contributed by atoms with E-state index in [1.165, 1.54) is 49.0 Å². The second-order valence-electron chi connectivity index (χ2n) is 8.77. The molecule has 0 heterocycles. The fourth-order valence-electron chi connectivity index (χ4n) is 5.07. The van der Waals surface area contributed by atoms with Gasteiger partial charge in [-0.2, -0.15) is 12.6 Å². The molecule has 0 aliphatic heterocycles.